The normalized spacial score (nSPS) is 11.5. The molecular weight excluding hydrogens is 394 g/mol. The van der Waals surface area contributed by atoms with Crippen LogP contribution in [0.25, 0.3) is 0 Å². The molecule has 2 N–H and O–H groups in total. The van der Waals surface area contributed by atoms with Gasteiger partial charge >= 0.3 is 0 Å². The predicted molar refractivity (Wildman–Crippen MR) is 117 cm³/mol. The molecule has 7 nitrogen and oxygen atoms in total. The molecule has 2 rings (SSSR count). The highest BCUT2D eigenvalue weighted by Gasteiger charge is 2.16. The summed E-state index contributed by atoms with van der Waals surface area (Å²) in [6, 6.07) is 8.03. The van der Waals surface area contributed by atoms with Crippen LogP contribution in [-0.4, -0.2) is 41.5 Å². The number of hydrogen-bond acceptors (Lipinski definition) is 5. The van der Waals surface area contributed by atoms with Crippen molar-refractivity contribution in [2.75, 3.05) is 23.1 Å². The fraction of sp³-hybridized carbons (Fsp3) is 0.421. The summed E-state index contributed by atoms with van der Waals surface area (Å²) >= 11 is 5.56. The van der Waals surface area contributed by atoms with Crippen molar-refractivity contribution in [3.8, 4) is 0 Å². The summed E-state index contributed by atoms with van der Waals surface area (Å²) < 4.78 is 27.2. The molecule has 1 aromatic carbocycles. The Bertz CT molecular complexity index is 859. The van der Waals surface area contributed by atoms with Crippen LogP contribution in [0.5, 0.6) is 0 Å². The van der Waals surface area contributed by atoms with E-state index in [0.29, 0.717) is 16.9 Å². The summed E-state index contributed by atoms with van der Waals surface area (Å²) in [5, 5.41) is 3.83. The first-order valence-corrected chi connectivity index (χ1v) is 11.0. The third-order valence-electron chi connectivity index (χ3n) is 3.67. The lowest BCUT2D eigenvalue weighted by Crippen LogP contribution is -2.39. The fourth-order valence-electron chi connectivity index (χ4n) is 2.57. The smallest absolute Gasteiger partial charge is 0.264 e. The van der Waals surface area contributed by atoms with E-state index in [-0.39, 0.29) is 10.8 Å². The van der Waals surface area contributed by atoms with Gasteiger partial charge in [-0.15, -0.1) is 0 Å². The monoisotopic (exact) mass is 421 g/mol. The number of rotatable bonds is 8. The van der Waals surface area contributed by atoms with Crippen molar-refractivity contribution in [3.63, 3.8) is 0 Å². The Hall–Kier alpha value is -2.26. The van der Waals surface area contributed by atoms with Crippen molar-refractivity contribution in [2.45, 2.75) is 32.6 Å². The van der Waals surface area contributed by atoms with Crippen LogP contribution in [0.4, 0.5) is 11.6 Å². The van der Waals surface area contributed by atoms with Crippen LogP contribution in [-0.2, 0) is 10.0 Å². The van der Waals surface area contributed by atoms with Gasteiger partial charge in [0.1, 0.15) is 0 Å². The molecule has 0 aliphatic rings. The van der Waals surface area contributed by atoms with E-state index in [9.17, 15) is 8.42 Å². The Morgan fingerprint density at radius 3 is 2.07 bits per heavy atom. The second-order valence-corrected chi connectivity index (χ2v) is 9.39. The molecule has 0 saturated heterocycles. The Morgan fingerprint density at radius 2 is 1.57 bits per heavy atom. The van der Waals surface area contributed by atoms with E-state index in [2.05, 4.69) is 52.6 Å². The molecule has 0 spiro atoms. The molecule has 0 radical (unpaired) electrons. The van der Waals surface area contributed by atoms with Crippen LogP contribution < -0.4 is 10.0 Å². The summed E-state index contributed by atoms with van der Waals surface area (Å²) in [6.45, 7) is 10.3. The zero-order valence-electron chi connectivity index (χ0n) is 16.6. The molecule has 1 aromatic heterocycles. The van der Waals surface area contributed by atoms with Crippen molar-refractivity contribution in [1.29, 1.82) is 0 Å². The Balaban J connectivity index is 2.07. The van der Waals surface area contributed by atoms with E-state index < -0.39 is 10.0 Å². The minimum Gasteiger partial charge on any atom is -0.349 e. The molecule has 0 aliphatic heterocycles. The van der Waals surface area contributed by atoms with Crippen molar-refractivity contribution in [2.24, 2.45) is 11.8 Å². The first kappa shape index (κ1) is 22.0. The van der Waals surface area contributed by atoms with E-state index in [4.69, 9.17) is 12.2 Å². The van der Waals surface area contributed by atoms with Crippen molar-refractivity contribution >= 4 is 39.0 Å². The molecule has 0 amide bonds. The van der Waals surface area contributed by atoms with Crippen LogP contribution in [0.2, 0.25) is 0 Å². The summed E-state index contributed by atoms with van der Waals surface area (Å²) in [5.41, 5.74) is 0.734. The van der Waals surface area contributed by atoms with E-state index >= 15 is 0 Å². The predicted octanol–water partition coefficient (Wildman–Crippen LogP) is 3.59. The number of benzene rings is 1. The summed E-state index contributed by atoms with van der Waals surface area (Å²) in [5.74, 6) is 0.999. The second-order valence-electron chi connectivity index (χ2n) is 7.33. The van der Waals surface area contributed by atoms with Gasteiger partial charge in [-0.2, -0.15) is 0 Å². The van der Waals surface area contributed by atoms with Gasteiger partial charge in [0.05, 0.1) is 4.90 Å². The van der Waals surface area contributed by atoms with Gasteiger partial charge in [0, 0.05) is 31.2 Å². The lowest BCUT2D eigenvalue weighted by molar-refractivity contribution is 0.332. The first-order chi connectivity index (χ1) is 13.2. The molecule has 2 aromatic rings. The van der Waals surface area contributed by atoms with E-state index in [1.807, 2.05) is 0 Å². The molecule has 1 heterocycles. The maximum atomic E-state index is 12.4. The van der Waals surface area contributed by atoms with Gasteiger partial charge < -0.3 is 10.2 Å². The maximum Gasteiger partial charge on any atom is 0.264 e. The average molecular weight is 422 g/mol. The highest BCUT2D eigenvalue weighted by atomic mass is 32.2. The Morgan fingerprint density at radius 1 is 1.04 bits per heavy atom. The summed E-state index contributed by atoms with van der Waals surface area (Å²) in [4.78, 5) is 10.0. The first-order valence-electron chi connectivity index (χ1n) is 9.13. The van der Waals surface area contributed by atoms with Gasteiger partial charge in [-0.1, -0.05) is 27.7 Å². The number of nitrogens with one attached hydrogen (secondary N) is 2. The van der Waals surface area contributed by atoms with Crippen molar-refractivity contribution in [3.05, 3.63) is 42.7 Å². The molecule has 0 bridgehead atoms. The molecule has 9 heteroatoms. The van der Waals surface area contributed by atoms with Gasteiger partial charge in [0.2, 0.25) is 5.95 Å². The largest absolute Gasteiger partial charge is 0.349 e. The van der Waals surface area contributed by atoms with E-state index in [1.165, 1.54) is 24.5 Å². The standard InChI is InChI=1S/C19H27N5O2S2/c1-14(2)12-24(13-15(3)4)19(27)22-16-6-8-17(9-7-16)28(25,26)23-18-20-10-5-11-21-18/h5-11,14-15H,12-13H2,1-4H3,(H,22,27)(H,20,21,23). The van der Waals surface area contributed by atoms with Gasteiger partial charge in [-0.25, -0.2) is 23.1 Å². The third kappa shape index (κ3) is 6.72. The summed E-state index contributed by atoms with van der Waals surface area (Å²) in [7, 11) is -3.75. The van der Waals surface area contributed by atoms with Crippen LogP contribution >= 0.6 is 12.2 Å². The summed E-state index contributed by atoms with van der Waals surface area (Å²) in [6.07, 6.45) is 2.94. The Kier molecular flexibility index (Phi) is 7.70. The van der Waals surface area contributed by atoms with Crippen LogP contribution in [0.15, 0.2) is 47.6 Å². The lowest BCUT2D eigenvalue weighted by atomic mass is 10.1. The number of anilines is 2. The quantitative estimate of drug-likeness (QED) is 0.630. The SMILES string of the molecule is CC(C)CN(CC(C)C)C(=S)Nc1ccc(S(=O)(=O)Nc2ncccn2)cc1. The van der Waals surface area contributed by atoms with Gasteiger partial charge in [-0.05, 0) is 54.4 Å². The molecule has 28 heavy (non-hydrogen) atoms. The van der Waals surface area contributed by atoms with Gasteiger partial charge in [-0.3, -0.25) is 0 Å². The topological polar surface area (TPSA) is 87.2 Å². The fourth-order valence-corrected chi connectivity index (χ4v) is 3.80. The molecule has 0 atom stereocenters. The minimum absolute atomic E-state index is 0.0314. The highest BCUT2D eigenvalue weighted by Crippen LogP contribution is 2.17. The number of nitrogens with zero attached hydrogens (tertiary/aromatic N) is 3. The van der Waals surface area contributed by atoms with Gasteiger partial charge in [0.15, 0.2) is 5.11 Å². The van der Waals surface area contributed by atoms with E-state index in [0.717, 1.165) is 18.8 Å². The zero-order chi connectivity index (χ0) is 20.7. The maximum absolute atomic E-state index is 12.4. The van der Waals surface area contributed by atoms with Crippen molar-refractivity contribution < 1.29 is 8.42 Å². The van der Waals surface area contributed by atoms with Crippen LogP contribution in [0.3, 0.4) is 0 Å². The second kappa shape index (κ2) is 9.79. The lowest BCUT2D eigenvalue weighted by Gasteiger charge is -2.29. The molecule has 152 valence electrons. The molecule has 0 fully saturated rings. The molecule has 0 saturated carbocycles. The highest BCUT2D eigenvalue weighted by molar-refractivity contribution is 7.92. The van der Waals surface area contributed by atoms with E-state index in [1.54, 1.807) is 18.2 Å². The van der Waals surface area contributed by atoms with Crippen molar-refractivity contribution in [1.82, 2.24) is 14.9 Å². The zero-order valence-corrected chi connectivity index (χ0v) is 18.2. The molecular formula is C19H27N5O2S2. The Labute approximate surface area is 172 Å². The molecule has 0 aliphatic carbocycles. The van der Waals surface area contributed by atoms with Crippen LogP contribution in [0, 0.1) is 11.8 Å². The average Bonchev–Trinajstić information content (AvgIpc) is 2.61. The number of thiocarbonyl (C=S) groups is 1. The van der Waals surface area contributed by atoms with Gasteiger partial charge in [0.25, 0.3) is 10.0 Å². The van der Waals surface area contributed by atoms with Crippen LogP contribution in [0.1, 0.15) is 27.7 Å². The third-order valence-corrected chi connectivity index (χ3v) is 5.37. The number of sulfonamides is 1. The number of aromatic nitrogens is 2. The molecule has 0 unspecified atom stereocenters. The number of hydrogen-bond donors (Lipinski definition) is 2. The minimum atomic E-state index is -3.75.